The summed E-state index contributed by atoms with van der Waals surface area (Å²) in [6.07, 6.45) is 7.36. The Balaban J connectivity index is 2.05. The molecule has 2 heterocycles. The van der Waals surface area contributed by atoms with Crippen molar-refractivity contribution in [2.75, 3.05) is 11.9 Å². The smallest absolute Gasteiger partial charge is 0.238 e. The number of aromatic nitrogens is 3. The summed E-state index contributed by atoms with van der Waals surface area (Å²) in [5.74, 6) is 0.395. The van der Waals surface area contributed by atoms with Crippen LogP contribution in [0.4, 0.5) is 5.95 Å². The van der Waals surface area contributed by atoms with Crippen LogP contribution in [0.1, 0.15) is 0 Å². The van der Waals surface area contributed by atoms with Gasteiger partial charge in [-0.05, 0) is 6.07 Å². The van der Waals surface area contributed by atoms with Gasteiger partial charge >= 0.3 is 0 Å². The molecular weight excluding hydrogens is 238 g/mol. The monoisotopic (exact) mass is 249 g/mol. The lowest BCUT2D eigenvalue weighted by Crippen LogP contribution is -2.11. The maximum Gasteiger partial charge on any atom is 0.238 e. The van der Waals surface area contributed by atoms with E-state index in [1.807, 2.05) is 30.6 Å². The second-order valence-corrected chi connectivity index (χ2v) is 4.18. The van der Waals surface area contributed by atoms with Crippen LogP contribution in [-0.4, -0.2) is 22.0 Å². The molecule has 0 aliphatic carbocycles. The lowest BCUT2D eigenvalue weighted by Gasteiger charge is -2.06. The summed E-state index contributed by atoms with van der Waals surface area (Å²) in [5.41, 5.74) is 3.06. The average Bonchev–Trinajstić information content (AvgIpc) is 2.90. The van der Waals surface area contributed by atoms with Crippen molar-refractivity contribution < 1.29 is 0 Å². The number of nitrogens with zero attached hydrogens (tertiary/aromatic N) is 4. The van der Waals surface area contributed by atoms with Gasteiger partial charge < -0.3 is 4.98 Å². The first-order valence-electron chi connectivity index (χ1n) is 5.81. The molecule has 3 rings (SSSR count). The van der Waals surface area contributed by atoms with Crippen LogP contribution < -0.4 is 4.90 Å². The van der Waals surface area contributed by atoms with Crippen molar-refractivity contribution in [3.05, 3.63) is 42.9 Å². The number of rotatable bonds is 2. The van der Waals surface area contributed by atoms with Crippen LogP contribution in [0.15, 0.2) is 42.9 Å². The molecule has 3 aromatic rings. The lowest BCUT2D eigenvalue weighted by molar-refractivity contribution is 1.05. The molecule has 0 unspecified atom stereocenters. The zero-order valence-electron chi connectivity index (χ0n) is 10.3. The minimum atomic E-state index is 0.395. The van der Waals surface area contributed by atoms with Crippen LogP contribution in [0.5, 0.6) is 0 Å². The molecule has 5 nitrogen and oxygen atoms in total. The van der Waals surface area contributed by atoms with Crippen molar-refractivity contribution in [1.82, 2.24) is 15.0 Å². The molecule has 0 aliphatic heterocycles. The van der Waals surface area contributed by atoms with Gasteiger partial charge in [0.1, 0.15) is 0 Å². The van der Waals surface area contributed by atoms with E-state index in [0.29, 0.717) is 5.95 Å². The van der Waals surface area contributed by atoms with Crippen LogP contribution in [0.2, 0.25) is 0 Å². The highest BCUT2D eigenvalue weighted by Crippen LogP contribution is 2.27. The van der Waals surface area contributed by atoms with E-state index >= 15 is 0 Å². The number of nitriles is 1. The molecule has 92 valence electrons. The molecule has 5 heteroatoms. The van der Waals surface area contributed by atoms with Crippen LogP contribution in [0, 0.1) is 11.5 Å². The van der Waals surface area contributed by atoms with Crippen molar-refractivity contribution in [1.29, 1.82) is 5.26 Å². The Kier molecular flexibility index (Phi) is 2.62. The van der Waals surface area contributed by atoms with Crippen molar-refractivity contribution in [3.63, 3.8) is 0 Å². The zero-order valence-corrected chi connectivity index (χ0v) is 10.3. The normalized spacial score (nSPS) is 10.3. The standard InChI is InChI=1S/C14H11N5/c1-19(9-15)14-17-6-10(7-18-14)12-8-16-13-5-3-2-4-11(12)13/h2-8,16H,1H3. The third-order valence-electron chi connectivity index (χ3n) is 2.99. The van der Waals surface area contributed by atoms with E-state index in [9.17, 15) is 0 Å². The Morgan fingerprint density at radius 3 is 2.68 bits per heavy atom. The second kappa shape index (κ2) is 4.42. The molecule has 2 aromatic heterocycles. The maximum atomic E-state index is 8.77. The van der Waals surface area contributed by atoms with Crippen LogP contribution in [0.3, 0.4) is 0 Å². The van der Waals surface area contributed by atoms with Crippen molar-refractivity contribution in [3.8, 4) is 17.3 Å². The molecule has 19 heavy (non-hydrogen) atoms. The van der Waals surface area contributed by atoms with E-state index in [0.717, 1.165) is 22.0 Å². The number of benzene rings is 1. The lowest BCUT2D eigenvalue weighted by atomic mass is 10.1. The van der Waals surface area contributed by atoms with Gasteiger partial charge in [-0.1, -0.05) is 18.2 Å². The van der Waals surface area contributed by atoms with E-state index in [1.165, 1.54) is 4.90 Å². The number of hydrogen-bond acceptors (Lipinski definition) is 4. The molecule has 0 saturated heterocycles. The van der Waals surface area contributed by atoms with E-state index in [-0.39, 0.29) is 0 Å². The third kappa shape index (κ3) is 1.89. The van der Waals surface area contributed by atoms with Gasteiger partial charge in [0.15, 0.2) is 6.19 Å². The van der Waals surface area contributed by atoms with Gasteiger partial charge in [-0.25, -0.2) is 9.97 Å². The molecule has 1 N–H and O–H groups in total. The molecule has 0 aliphatic rings. The fraction of sp³-hybridized carbons (Fsp3) is 0.0714. The summed E-state index contributed by atoms with van der Waals surface area (Å²) >= 11 is 0. The van der Waals surface area contributed by atoms with Gasteiger partial charge in [-0.3, -0.25) is 4.90 Å². The highest BCUT2D eigenvalue weighted by molar-refractivity contribution is 5.95. The van der Waals surface area contributed by atoms with E-state index in [2.05, 4.69) is 21.0 Å². The summed E-state index contributed by atoms with van der Waals surface area (Å²) in [6, 6.07) is 8.07. The zero-order chi connectivity index (χ0) is 13.2. The summed E-state index contributed by atoms with van der Waals surface area (Å²) in [7, 11) is 1.63. The van der Waals surface area contributed by atoms with Crippen molar-refractivity contribution in [2.45, 2.75) is 0 Å². The molecule has 0 atom stereocenters. The number of hydrogen-bond donors (Lipinski definition) is 1. The Morgan fingerprint density at radius 2 is 1.95 bits per heavy atom. The van der Waals surface area contributed by atoms with Crippen LogP contribution in [-0.2, 0) is 0 Å². The average molecular weight is 249 g/mol. The molecule has 0 amide bonds. The maximum absolute atomic E-state index is 8.77. The van der Waals surface area contributed by atoms with Crippen molar-refractivity contribution in [2.24, 2.45) is 0 Å². The summed E-state index contributed by atoms with van der Waals surface area (Å²) in [6.45, 7) is 0. The minimum absolute atomic E-state index is 0.395. The largest absolute Gasteiger partial charge is 0.361 e. The first-order chi connectivity index (χ1) is 9.29. The summed E-state index contributed by atoms with van der Waals surface area (Å²) < 4.78 is 0. The topological polar surface area (TPSA) is 68.6 Å². The molecule has 0 spiro atoms. The Morgan fingerprint density at radius 1 is 1.21 bits per heavy atom. The number of para-hydroxylation sites is 1. The molecular formula is C14H11N5. The third-order valence-corrected chi connectivity index (χ3v) is 2.99. The number of H-pyrrole nitrogens is 1. The fourth-order valence-corrected chi connectivity index (χ4v) is 1.99. The first-order valence-corrected chi connectivity index (χ1v) is 5.81. The van der Waals surface area contributed by atoms with Crippen molar-refractivity contribution >= 4 is 16.9 Å². The molecule has 0 bridgehead atoms. The Labute approximate surface area is 110 Å². The predicted octanol–water partition coefficient (Wildman–Crippen LogP) is 2.54. The van der Waals surface area contributed by atoms with Gasteiger partial charge in [-0.2, -0.15) is 5.26 Å². The van der Waals surface area contributed by atoms with E-state index in [1.54, 1.807) is 19.4 Å². The fourth-order valence-electron chi connectivity index (χ4n) is 1.99. The molecule has 0 saturated carbocycles. The number of aromatic amines is 1. The van der Waals surface area contributed by atoms with Crippen LogP contribution in [0.25, 0.3) is 22.0 Å². The van der Waals surface area contributed by atoms with Crippen LogP contribution >= 0.6 is 0 Å². The molecule has 0 radical (unpaired) electrons. The summed E-state index contributed by atoms with van der Waals surface area (Å²) in [4.78, 5) is 12.9. The highest BCUT2D eigenvalue weighted by atomic mass is 15.2. The SMILES string of the molecule is CN(C#N)c1ncc(-c2c[nH]c3ccccc23)cn1. The number of fused-ring (bicyclic) bond motifs is 1. The van der Waals surface area contributed by atoms with Gasteiger partial charge in [0.25, 0.3) is 0 Å². The van der Waals surface area contributed by atoms with Gasteiger partial charge in [0.05, 0.1) is 0 Å². The number of anilines is 1. The number of nitrogens with one attached hydrogen (secondary N) is 1. The Bertz CT molecular complexity index is 751. The van der Waals surface area contributed by atoms with E-state index in [4.69, 9.17) is 5.26 Å². The van der Waals surface area contributed by atoms with E-state index < -0.39 is 0 Å². The van der Waals surface area contributed by atoms with Gasteiger partial charge in [0, 0.05) is 47.7 Å². The van der Waals surface area contributed by atoms with Gasteiger partial charge in [-0.15, -0.1) is 0 Å². The molecule has 1 aromatic carbocycles. The predicted molar refractivity (Wildman–Crippen MR) is 73.3 cm³/mol. The quantitative estimate of drug-likeness (QED) is 0.559. The van der Waals surface area contributed by atoms with Gasteiger partial charge in [0.2, 0.25) is 5.95 Å². The Hall–Kier alpha value is -2.87. The minimum Gasteiger partial charge on any atom is -0.361 e. The first kappa shape index (κ1) is 11.2. The summed E-state index contributed by atoms with van der Waals surface area (Å²) in [5, 5.41) is 9.91. The molecule has 0 fully saturated rings. The second-order valence-electron chi connectivity index (χ2n) is 4.18. The highest BCUT2D eigenvalue weighted by Gasteiger charge is 2.08.